The van der Waals surface area contributed by atoms with E-state index in [1.54, 1.807) is 0 Å². The molecule has 0 aliphatic heterocycles. The van der Waals surface area contributed by atoms with Gasteiger partial charge in [0.25, 0.3) is 5.91 Å². The maximum Gasteiger partial charge on any atom is 0.292 e. The third-order valence-electron chi connectivity index (χ3n) is 4.21. The summed E-state index contributed by atoms with van der Waals surface area (Å²) in [6.45, 7) is 2.02. The molecule has 4 aromatic rings. The van der Waals surface area contributed by atoms with Crippen LogP contribution in [-0.4, -0.2) is 5.91 Å². The fraction of sp³-hybridized carbons (Fsp3) is 0.0455. The van der Waals surface area contributed by atoms with Gasteiger partial charge in [-0.05, 0) is 49.4 Å². The van der Waals surface area contributed by atoms with Crippen molar-refractivity contribution in [3.8, 4) is 11.3 Å². The first-order valence-corrected chi connectivity index (χ1v) is 8.65. The van der Waals surface area contributed by atoms with E-state index in [0.29, 0.717) is 16.5 Å². The van der Waals surface area contributed by atoms with Gasteiger partial charge >= 0.3 is 0 Å². The van der Waals surface area contributed by atoms with Crippen LogP contribution in [0.15, 0.2) is 77.2 Å². The lowest BCUT2D eigenvalue weighted by molar-refractivity contribution is 0.0999. The number of furan rings is 1. The van der Waals surface area contributed by atoms with E-state index in [1.807, 2.05) is 79.7 Å². The largest absolute Gasteiger partial charge is 0.450 e. The van der Waals surface area contributed by atoms with Crippen LogP contribution >= 0.6 is 11.6 Å². The molecule has 0 atom stereocenters. The van der Waals surface area contributed by atoms with Crippen molar-refractivity contribution in [2.24, 2.45) is 0 Å². The summed E-state index contributed by atoms with van der Waals surface area (Å²) in [7, 11) is 0. The van der Waals surface area contributed by atoms with Crippen molar-refractivity contribution in [2.75, 3.05) is 5.32 Å². The number of nitrogens with one attached hydrogen (secondary N) is 1. The lowest BCUT2D eigenvalue weighted by Gasteiger charge is -2.03. The molecule has 1 amide bonds. The number of rotatable bonds is 3. The van der Waals surface area contributed by atoms with Gasteiger partial charge in [0, 0.05) is 27.0 Å². The third-order valence-corrected chi connectivity index (χ3v) is 4.46. The van der Waals surface area contributed by atoms with Gasteiger partial charge in [-0.15, -0.1) is 0 Å². The lowest BCUT2D eigenvalue weighted by Crippen LogP contribution is -2.11. The number of carbonyl (C=O) groups is 1. The number of benzene rings is 3. The lowest BCUT2D eigenvalue weighted by atomic mass is 10.0. The Bertz CT molecular complexity index is 1080. The quantitative estimate of drug-likeness (QED) is 0.464. The number of hydrogen-bond donors (Lipinski definition) is 1. The van der Waals surface area contributed by atoms with Crippen LogP contribution in [0.4, 0.5) is 5.69 Å². The number of amides is 1. The maximum absolute atomic E-state index is 12.8. The van der Waals surface area contributed by atoms with Gasteiger partial charge in [-0.3, -0.25) is 4.79 Å². The zero-order chi connectivity index (χ0) is 18.1. The van der Waals surface area contributed by atoms with Gasteiger partial charge in [-0.2, -0.15) is 0 Å². The Morgan fingerprint density at radius 2 is 1.65 bits per heavy atom. The average Bonchev–Trinajstić information content (AvgIpc) is 3.02. The van der Waals surface area contributed by atoms with Crippen LogP contribution in [0.2, 0.25) is 5.02 Å². The van der Waals surface area contributed by atoms with Gasteiger partial charge in [-0.25, -0.2) is 0 Å². The summed E-state index contributed by atoms with van der Waals surface area (Å²) in [4.78, 5) is 12.8. The topological polar surface area (TPSA) is 42.2 Å². The molecular formula is C22H16ClNO2. The second kappa shape index (κ2) is 6.70. The van der Waals surface area contributed by atoms with Gasteiger partial charge in [0.15, 0.2) is 5.76 Å². The first-order valence-electron chi connectivity index (χ1n) is 8.27. The van der Waals surface area contributed by atoms with Crippen LogP contribution in [0, 0.1) is 6.92 Å². The fourth-order valence-corrected chi connectivity index (χ4v) is 3.08. The van der Waals surface area contributed by atoms with Crippen molar-refractivity contribution < 1.29 is 9.21 Å². The van der Waals surface area contributed by atoms with Gasteiger partial charge in [0.1, 0.15) is 5.76 Å². The van der Waals surface area contributed by atoms with E-state index in [-0.39, 0.29) is 5.91 Å². The molecule has 0 aliphatic carbocycles. The Morgan fingerprint density at radius 1 is 0.923 bits per heavy atom. The highest BCUT2D eigenvalue weighted by atomic mass is 35.5. The van der Waals surface area contributed by atoms with E-state index in [0.717, 1.165) is 27.6 Å². The van der Waals surface area contributed by atoms with E-state index in [9.17, 15) is 4.79 Å². The average molecular weight is 362 g/mol. The van der Waals surface area contributed by atoms with E-state index < -0.39 is 0 Å². The minimum Gasteiger partial charge on any atom is -0.450 e. The van der Waals surface area contributed by atoms with E-state index in [4.69, 9.17) is 16.0 Å². The van der Waals surface area contributed by atoms with Gasteiger partial charge in [0.05, 0.1) is 0 Å². The van der Waals surface area contributed by atoms with Crippen LogP contribution in [0.25, 0.3) is 22.1 Å². The van der Waals surface area contributed by atoms with Crippen LogP contribution in [0.1, 0.15) is 16.1 Å². The Kier molecular flexibility index (Phi) is 4.23. The highest BCUT2D eigenvalue weighted by Gasteiger charge is 2.20. The second-order valence-corrected chi connectivity index (χ2v) is 6.57. The predicted octanol–water partition coefficient (Wildman–Crippen LogP) is 6.31. The summed E-state index contributed by atoms with van der Waals surface area (Å²) in [6.07, 6.45) is 0. The van der Waals surface area contributed by atoms with Crippen LogP contribution in [0.5, 0.6) is 0 Å². The molecule has 4 heteroatoms. The molecule has 26 heavy (non-hydrogen) atoms. The van der Waals surface area contributed by atoms with E-state index in [1.165, 1.54) is 0 Å². The predicted molar refractivity (Wildman–Crippen MR) is 106 cm³/mol. The summed E-state index contributed by atoms with van der Waals surface area (Å²) in [5.41, 5.74) is 2.70. The van der Waals surface area contributed by atoms with Crippen LogP contribution < -0.4 is 5.32 Å². The second-order valence-electron chi connectivity index (χ2n) is 6.14. The molecule has 0 saturated heterocycles. The number of para-hydroxylation sites is 1. The van der Waals surface area contributed by atoms with Crippen molar-refractivity contribution >= 4 is 34.0 Å². The molecule has 0 radical (unpaired) electrons. The smallest absolute Gasteiger partial charge is 0.292 e. The van der Waals surface area contributed by atoms with Crippen molar-refractivity contribution in [3.05, 3.63) is 89.1 Å². The molecule has 1 N–H and O–H groups in total. The molecule has 0 aliphatic rings. The highest BCUT2D eigenvalue weighted by molar-refractivity contribution is 6.30. The van der Waals surface area contributed by atoms with Gasteiger partial charge in [-0.1, -0.05) is 47.5 Å². The molecular weight excluding hydrogens is 346 g/mol. The number of carbonyl (C=O) groups excluding carboxylic acids is 1. The summed E-state index contributed by atoms with van der Waals surface area (Å²) < 4.78 is 6.03. The molecule has 0 spiro atoms. The Morgan fingerprint density at radius 3 is 2.38 bits per heavy atom. The van der Waals surface area contributed by atoms with Crippen molar-refractivity contribution in [3.63, 3.8) is 0 Å². The first kappa shape index (κ1) is 16.4. The zero-order valence-corrected chi connectivity index (χ0v) is 14.9. The van der Waals surface area contributed by atoms with Crippen LogP contribution in [-0.2, 0) is 0 Å². The number of halogens is 1. The number of hydrogen-bond acceptors (Lipinski definition) is 2. The number of anilines is 1. The minimum atomic E-state index is -0.273. The SMILES string of the molecule is Cc1ccc2c(C(=O)Nc3ccccc3)oc(-c3ccc(Cl)cc3)c2c1. The summed E-state index contributed by atoms with van der Waals surface area (Å²) in [5.74, 6) is 0.692. The van der Waals surface area contributed by atoms with E-state index >= 15 is 0 Å². The number of aryl methyl sites for hydroxylation is 1. The van der Waals surface area contributed by atoms with Crippen molar-refractivity contribution in [1.82, 2.24) is 0 Å². The summed E-state index contributed by atoms with van der Waals surface area (Å²) >= 11 is 5.99. The van der Waals surface area contributed by atoms with Gasteiger partial charge in [0.2, 0.25) is 0 Å². The van der Waals surface area contributed by atoms with E-state index in [2.05, 4.69) is 5.32 Å². The molecule has 0 bridgehead atoms. The standard InChI is InChI=1S/C22H16ClNO2/c1-14-7-12-18-19(13-14)20(15-8-10-16(23)11-9-15)26-21(18)22(25)24-17-5-3-2-4-6-17/h2-13H,1H3,(H,24,25). The Balaban J connectivity index is 1.82. The Labute approximate surface area is 156 Å². The first-order chi connectivity index (χ1) is 12.6. The molecule has 3 aromatic carbocycles. The molecule has 1 aromatic heterocycles. The maximum atomic E-state index is 12.8. The third kappa shape index (κ3) is 3.09. The van der Waals surface area contributed by atoms with Crippen LogP contribution in [0.3, 0.4) is 0 Å². The zero-order valence-electron chi connectivity index (χ0n) is 14.1. The van der Waals surface area contributed by atoms with Crippen molar-refractivity contribution in [2.45, 2.75) is 6.92 Å². The van der Waals surface area contributed by atoms with Gasteiger partial charge < -0.3 is 9.73 Å². The van der Waals surface area contributed by atoms with Crippen molar-refractivity contribution in [1.29, 1.82) is 0 Å². The Hall–Kier alpha value is -3.04. The fourth-order valence-electron chi connectivity index (χ4n) is 2.95. The molecule has 0 fully saturated rings. The summed E-state index contributed by atoms with van der Waals surface area (Å²) in [6, 6.07) is 22.7. The minimum absolute atomic E-state index is 0.273. The summed E-state index contributed by atoms with van der Waals surface area (Å²) in [5, 5.41) is 5.23. The number of fused-ring (bicyclic) bond motifs is 1. The molecule has 4 rings (SSSR count). The molecule has 3 nitrogen and oxygen atoms in total. The highest BCUT2D eigenvalue weighted by Crippen LogP contribution is 2.35. The monoisotopic (exact) mass is 361 g/mol. The normalized spacial score (nSPS) is 10.8. The molecule has 0 unspecified atom stereocenters. The molecule has 1 heterocycles. The molecule has 0 saturated carbocycles. The molecule has 128 valence electrons.